The number of benzene rings is 2. The third kappa shape index (κ3) is 5.78. The summed E-state index contributed by atoms with van der Waals surface area (Å²) in [5, 5.41) is 6.06. The maximum atomic E-state index is 12.4. The zero-order valence-corrected chi connectivity index (χ0v) is 17.0. The van der Waals surface area contributed by atoms with E-state index in [0.29, 0.717) is 11.7 Å². The molecule has 0 saturated heterocycles. The number of hydrogen-bond acceptors (Lipinski definition) is 5. The quantitative estimate of drug-likeness (QED) is 0.592. The van der Waals surface area contributed by atoms with E-state index in [4.69, 9.17) is 4.74 Å². The highest BCUT2D eigenvalue weighted by Gasteiger charge is 2.09. The van der Waals surface area contributed by atoms with Gasteiger partial charge in [0, 0.05) is 12.2 Å². The van der Waals surface area contributed by atoms with E-state index in [9.17, 15) is 4.79 Å². The third-order valence-electron chi connectivity index (χ3n) is 4.60. The SMILES string of the molecule is COc1ccc(CCNc2cnc(C(=O)Nc3ccc(C(C)C)cc3)cn2)cc1. The van der Waals surface area contributed by atoms with Gasteiger partial charge < -0.3 is 15.4 Å². The fourth-order valence-electron chi connectivity index (χ4n) is 2.81. The molecule has 0 aliphatic carbocycles. The van der Waals surface area contributed by atoms with Gasteiger partial charge in [0.15, 0.2) is 0 Å². The number of amides is 1. The van der Waals surface area contributed by atoms with Crippen molar-refractivity contribution in [3.05, 3.63) is 77.7 Å². The molecule has 0 fully saturated rings. The van der Waals surface area contributed by atoms with Gasteiger partial charge in [-0.3, -0.25) is 4.79 Å². The van der Waals surface area contributed by atoms with E-state index < -0.39 is 0 Å². The molecule has 0 aliphatic heterocycles. The van der Waals surface area contributed by atoms with Gasteiger partial charge in [0.05, 0.1) is 19.5 Å². The van der Waals surface area contributed by atoms with Crippen LogP contribution in [0.5, 0.6) is 5.75 Å². The second kappa shape index (κ2) is 9.68. The monoisotopic (exact) mass is 390 g/mol. The molecule has 2 aromatic carbocycles. The van der Waals surface area contributed by atoms with Crippen LogP contribution in [-0.4, -0.2) is 29.5 Å². The largest absolute Gasteiger partial charge is 0.497 e. The van der Waals surface area contributed by atoms with Gasteiger partial charge >= 0.3 is 0 Å². The van der Waals surface area contributed by atoms with Crippen molar-refractivity contribution in [2.24, 2.45) is 0 Å². The first-order valence-electron chi connectivity index (χ1n) is 9.65. The zero-order valence-electron chi connectivity index (χ0n) is 17.0. The van der Waals surface area contributed by atoms with Gasteiger partial charge in [-0.15, -0.1) is 0 Å². The summed E-state index contributed by atoms with van der Waals surface area (Å²) in [5.74, 6) is 1.66. The molecule has 3 rings (SSSR count). The summed E-state index contributed by atoms with van der Waals surface area (Å²) in [4.78, 5) is 20.8. The van der Waals surface area contributed by atoms with Crippen molar-refractivity contribution >= 4 is 17.4 Å². The lowest BCUT2D eigenvalue weighted by molar-refractivity contribution is 0.102. The Balaban J connectivity index is 1.50. The Morgan fingerprint density at radius 3 is 2.31 bits per heavy atom. The second-order valence-corrected chi connectivity index (χ2v) is 7.04. The minimum atomic E-state index is -0.278. The fraction of sp³-hybridized carbons (Fsp3) is 0.261. The fourth-order valence-corrected chi connectivity index (χ4v) is 2.81. The number of methoxy groups -OCH3 is 1. The maximum Gasteiger partial charge on any atom is 0.275 e. The van der Waals surface area contributed by atoms with Crippen LogP contribution in [0.1, 0.15) is 41.4 Å². The van der Waals surface area contributed by atoms with Gasteiger partial charge in [0.2, 0.25) is 0 Å². The molecule has 6 heteroatoms. The van der Waals surface area contributed by atoms with E-state index in [1.807, 2.05) is 48.5 Å². The lowest BCUT2D eigenvalue weighted by atomic mass is 10.0. The van der Waals surface area contributed by atoms with Crippen molar-refractivity contribution in [3.8, 4) is 5.75 Å². The molecule has 0 unspecified atom stereocenters. The molecule has 0 spiro atoms. The van der Waals surface area contributed by atoms with Gasteiger partial charge in [-0.1, -0.05) is 38.1 Å². The summed E-state index contributed by atoms with van der Waals surface area (Å²) in [6, 6.07) is 15.8. The molecule has 0 saturated carbocycles. The van der Waals surface area contributed by atoms with Crippen molar-refractivity contribution in [3.63, 3.8) is 0 Å². The van der Waals surface area contributed by atoms with Crippen LogP contribution in [0.2, 0.25) is 0 Å². The Bertz CT molecular complexity index is 921. The van der Waals surface area contributed by atoms with Crippen molar-refractivity contribution in [1.29, 1.82) is 0 Å². The summed E-state index contributed by atoms with van der Waals surface area (Å²) in [6.07, 6.45) is 3.90. The topological polar surface area (TPSA) is 76.1 Å². The summed E-state index contributed by atoms with van der Waals surface area (Å²) in [5.41, 5.74) is 3.44. The van der Waals surface area contributed by atoms with Gasteiger partial charge in [-0.25, -0.2) is 9.97 Å². The second-order valence-electron chi connectivity index (χ2n) is 7.04. The number of hydrogen-bond donors (Lipinski definition) is 2. The molecular formula is C23H26N4O2. The highest BCUT2D eigenvalue weighted by Crippen LogP contribution is 2.17. The molecular weight excluding hydrogens is 364 g/mol. The van der Waals surface area contributed by atoms with E-state index >= 15 is 0 Å². The number of carbonyl (C=O) groups is 1. The van der Waals surface area contributed by atoms with Crippen LogP contribution in [0.3, 0.4) is 0 Å². The number of rotatable bonds is 8. The maximum absolute atomic E-state index is 12.4. The van der Waals surface area contributed by atoms with Crippen molar-refractivity contribution in [1.82, 2.24) is 9.97 Å². The van der Waals surface area contributed by atoms with E-state index in [1.165, 1.54) is 17.3 Å². The molecule has 29 heavy (non-hydrogen) atoms. The lowest BCUT2D eigenvalue weighted by Gasteiger charge is -2.09. The Hall–Kier alpha value is -3.41. The summed E-state index contributed by atoms with van der Waals surface area (Å²) < 4.78 is 5.16. The van der Waals surface area contributed by atoms with Crippen LogP contribution in [0, 0.1) is 0 Å². The Morgan fingerprint density at radius 1 is 1.00 bits per heavy atom. The molecule has 6 nitrogen and oxygen atoms in total. The molecule has 0 atom stereocenters. The van der Waals surface area contributed by atoms with Crippen LogP contribution in [0.4, 0.5) is 11.5 Å². The summed E-state index contributed by atoms with van der Waals surface area (Å²) in [6.45, 7) is 4.99. The van der Waals surface area contributed by atoms with Crippen LogP contribution in [0.15, 0.2) is 60.9 Å². The molecule has 0 aliphatic rings. The number of carbonyl (C=O) groups excluding carboxylic acids is 1. The average Bonchev–Trinajstić information content (AvgIpc) is 2.75. The molecule has 3 aromatic rings. The average molecular weight is 390 g/mol. The summed E-state index contributed by atoms with van der Waals surface area (Å²) in [7, 11) is 1.65. The molecule has 1 heterocycles. The minimum Gasteiger partial charge on any atom is -0.497 e. The van der Waals surface area contributed by atoms with E-state index in [-0.39, 0.29) is 11.6 Å². The van der Waals surface area contributed by atoms with Crippen LogP contribution < -0.4 is 15.4 Å². The van der Waals surface area contributed by atoms with Crippen LogP contribution >= 0.6 is 0 Å². The van der Waals surface area contributed by atoms with Gasteiger partial charge in [0.25, 0.3) is 5.91 Å². The standard InChI is InChI=1S/C23H26N4O2/c1-16(2)18-6-8-19(9-7-18)27-23(28)21-14-26-22(15-25-21)24-13-12-17-4-10-20(29-3)11-5-17/h4-11,14-16H,12-13H2,1-3H3,(H,24,26)(H,27,28). The van der Waals surface area contributed by atoms with Crippen molar-refractivity contribution < 1.29 is 9.53 Å². The lowest BCUT2D eigenvalue weighted by Crippen LogP contribution is -2.15. The molecule has 2 N–H and O–H groups in total. The number of nitrogens with one attached hydrogen (secondary N) is 2. The first-order valence-corrected chi connectivity index (χ1v) is 9.65. The first kappa shape index (κ1) is 20.3. The van der Waals surface area contributed by atoms with Crippen LogP contribution in [-0.2, 0) is 6.42 Å². The van der Waals surface area contributed by atoms with Crippen molar-refractivity contribution in [2.45, 2.75) is 26.2 Å². The number of aromatic nitrogens is 2. The molecule has 1 amide bonds. The zero-order chi connectivity index (χ0) is 20.6. The number of anilines is 2. The predicted octanol–water partition coefficient (Wildman–Crippen LogP) is 4.52. The van der Waals surface area contributed by atoms with Gasteiger partial charge in [-0.2, -0.15) is 0 Å². The van der Waals surface area contributed by atoms with E-state index in [1.54, 1.807) is 13.3 Å². The van der Waals surface area contributed by atoms with E-state index in [2.05, 4.69) is 34.4 Å². The number of ether oxygens (including phenoxy) is 1. The van der Waals surface area contributed by atoms with E-state index in [0.717, 1.165) is 24.4 Å². The third-order valence-corrected chi connectivity index (χ3v) is 4.60. The predicted molar refractivity (Wildman–Crippen MR) is 116 cm³/mol. The highest BCUT2D eigenvalue weighted by atomic mass is 16.5. The Labute approximate surface area is 171 Å². The molecule has 150 valence electrons. The molecule has 0 radical (unpaired) electrons. The van der Waals surface area contributed by atoms with Crippen molar-refractivity contribution in [2.75, 3.05) is 24.3 Å². The Kier molecular flexibility index (Phi) is 6.79. The van der Waals surface area contributed by atoms with Crippen LogP contribution in [0.25, 0.3) is 0 Å². The molecule has 1 aromatic heterocycles. The van der Waals surface area contributed by atoms with Gasteiger partial charge in [-0.05, 0) is 47.7 Å². The minimum absolute atomic E-state index is 0.277. The normalized spacial score (nSPS) is 10.6. The molecule has 0 bridgehead atoms. The first-order chi connectivity index (χ1) is 14.0. The summed E-state index contributed by atoms with van der Waals surface area (Å²) >= 11 is 0. The highest BCUT2D eigenvalue weighted by molar-refractivity contribution is 6.02. The number of nitrogens with zero attached hydrogens (tertiary/aromatic N) is 2. The Morgan fingerprint density at radius 2 is 1.72 bits per heavy atom. The van der Waals surface area contributed by atoms with Gasteiger partial charge in [0.1, 0.15) is 17.3 Å². The smallest absolute Gasteiger partial charge is 0.275 e.